The molecule has 0 aliphatic carbocycles. The van der Waals surface area contributed by atoms with Gasteiger partial charge in [-0.25, -0.2) is 4.98 Å². The van der Waals surface area contributed by atoms with E-state index in [0.29, 0.717) is 25.3 Å². The van der Waals surface area contributed by atoms with Crippen molar-refractivity contribution in [2.45, 2.75) is 25.3 Å². The molecule has 1 aliphatic heterocycles. The highest BCUT2D eigenvalue weighted by atomic mass is 16.6. The molecule has 2 aromatic heterocycles. The van der Waals surface area contributed by atoms with Crippen molar-refractivity contribution in [1.29, 1.82) is 0 Å². The van der Waals surface area contributed by atoms with E-state index in [9.17, 15) is 20.0 Å². The number of aliphatic hydroxyl groups is 1. The van der Waals surface area contributed by atoms with Crippen LogP contribution >= 0.6 is 0 Å². The first kappa shape index (κ1) is 20.7. The minimum atomic E-state index is -0.438. The van der Waals surface area contributed by atoms with Crippen molar-refractivity contribution >= 4 is 17.2 Å². The van der Waals surface area contributed by atoms with Crippen molar-refractivity contribution in [3.63, 3.8) is 0 Å². The zero-order chi connectivity index (χ0) is 22.0. The van der Waals surface area contributed by atoms with Gasteiger partial charge in [0.1, 0.15) is 5.69 Å². The monoisotopic (exact) mass is 424 g/mol. The Hall–Kier alpha value is -3.53. The second kappa shape index (κ2) is 8.68. The van der Waals surface area contributed by atoms with Gasteiger partial charge in [-0.1, -0.05) is 0 Å². The number of benzene rings is 1. The number of hydrogen-bond acceptors (Lipinski definition) is 7. The van der Waals surface area contributed by atoms with Crippen LogP contribution in [-0.4, -0.2) is 54.8 Å². The van der Waals surface area contributed by atoms with E-state index in [2.05, 4.69) is 10.1 Å². The molecule has 1 fully saturated rings. The average molecular weight is 424 g/mol. The summed E-state index contributed by atoms with van der Waals surface area (Å²) in [7, 11) is 1.71. The third kappa shape index (κ3) is 4.06. The Morgan fingerprint density at radius 2 is 2.03 bits per heavy atom. The molecule has 1 saturated heterocycles. The largest absolute Gasteiger partial charge is 0.394 e. The molecule has 10 nitrogen and oxygen atoms in total. The second-order valence-corrected chi connectivity index (χ2v) is 7.62. The lowest BCUT2D eigenvalue weighted by atomic mass is 9.93. The number of nitrogens with zero attached hydrogens (tertiary/aromatic N) is 6. The number of nitro groups is 1. The van der Waals surface area contributed by atoms with E-state index in [4.69, 9.17) is 0 Å². The lowest BCUT2D eigenvalue weighted by molar-refractivity contribution is -0.384. The number of aliphatic hydroxyl groups excluding tert-OH is 1. The van der Waals surface area contributed by atoms with Crippen LogP contribution in [0.3, 0.4) is 0 Å². The van der Waals surface area contributed by atoms with Crippen LogP contribution in [0.15, 0.2) is 42.9 Å². The Morgan fingerprint density at radius 3 is 2.68 bits per heavy atom. The van der Waals surface area contributed by atoms with E-state index in [-0.39, 0.29) is 35.4 Å². The number of aryl methyl sites for hydroxylation is 1. The predicted molar refractivity (Wildman–Crippen MR) is 113 cm³/mol. The first-order valence-corrected chi connectivity index (χ1v) is 10.2. The minimum absolute atomic E-state index is 0.0308. The molecule has 0 saturated carbocycles. The predicted octanol–water partition coefficient (Wildman–Crippen LogP) is 2.13. The zero-order valence-electron chi connectivity index (χ0n) is 17.2. The molecular weight excluding hydrogens is 400 g/mol. The van der Waals surface area contributed by atoms with E-state index >= 15 is 0 Å². The van der Waals surface area contributed by atoms with Crippen molar-refractivity contribution < 1.29 is 14.8 Å². The number of ketones is 1. The zero-order valence-corrected chi connectivity index (χ0v) is 17.2. The van der Waals surface area contributed by atoms with Crippen LogP contribution in [0.2, 0.25) is 0 Å². The van der Waals surface area contributed by atoms with Crippen molar-refractivity contribution in [1.82, 2.24) is 19.3 Å². The topological polar surface area (TPSA) is 119 Å². The summed E-state index contributed by atoms with van der Waals surface area (Å²) in [6.45, 7) is 1.80. The molecule has 0 spiro atoms. The summed E-state index contributed by atoms with van der Waals surface area (Å²) in [4.78, 5) is 30.1. The van der Waals surface area contributed by atoms with Gasteiger partial charge in [0.15, 0.2) is 5.82 Å². The third-order valence-corrected chi connectivity index (χ3v) is 5.77. The van der Waals surface area contributed by atoms with Crippen LogP contribution in [-0.2, 0) is 13.6 Å². The molecule has 10 heteroatoms. The highest BCUT2D eigenvalue weighted by molar-refractivity contribution is 6.07. The van der Waals surface area contributed by atoms with Crippen molar-refractivity contribution in [2.24, 2.45) is 7.05 Å². The van der Waals surface area contributed by atoms with Gasteiger partial charge in [0.05, 0.1) is 18.1 Å². The lowest BCUT2D eigenvalue weighted by Gasteiger charge is -2.33. The second-order valence-electron chi connectivity index (χ2n) is 7.62. The fraction of sp³-hybridized carbons (Fsp3) is 0.381. The van der Waals surface area contributed by atoms with Crippen LogP contribution in [0.25, 0.3) is 0 Å². The summed E-state index contributed by atoms with van der Waals surface area (Å²) < 4.78 is 3.41. The van der Waals surface area contributed by atoms with Gasteiger partial charge in [-0.3, -0.25) is 19.6 Å². The summed E-state index contributed by atoms with van der Waals surface area (Å²) in [5.74, 6) is 0.175. The Balaban J connectivity index is 1.53. The smallest absolute Gasteiger partial charge is 0.293 e. The van der Waals surface area contributed by atoms with Gasteiger partial charge in [-0.05, 0) is 31.0 Å². The highest BCUT2D eigenvalue weighted by Gasteiger charge is 2.28. The van der Waals surface area contributed by atoms with E-state index in [1.54, 1.807) is 36.1 Å². The molecule has 31 heavy (non-hydrogen) atoms. The van der Waals surface area contributed by atoms with Crippen molar-refractivity contribution in [2.75, 3.05) is 24.6 Å². The van der Waals surface area contributed by atoms with Gasteiger partial charge in [-0.15, -0.1) is 0 Å². The van der Waals surface area contributed by atoms with Gasteiger partial charge in [0.25, 0.3) is 5.69 Å². The first-order chi connectivity index (χ1) is 15.0. The molecule has 0 unspecified atom stereocenters. The van der Waals surface area contributed by atoms with Crippen LogP contribution in [0, 0.1) is 10.1 Å². The highest BCUT2D eigenvalue weighted by Crippen LogP contribution is 2.35. The van der Waals surface area contributed by atoms with Gasteiger partial charge >= 0.3 is 0 Å². The first-order valence-electron chi connectivity index (χ1n) is 10.2. The molecule has 0 atom stereocenters. The summed E-state index contributed by atoms with van der Waals surface area (Å²) >= 11 is 0. The summed E-state index contributed by atoms with van der Waals surface area (Å²) in [5.41, 5.74) is 1.76. The average Bonchev–Trinajstić information content (AvgIpc) is 3.42. The molecule has 1 aliphatic rings. The molecule has 3 heterocycles. The van der Waals surface area contributed by atoms with Gasteiger partial charge < -0.3 is 14.6 Å². The number of carbonyl (C=O) groups is 1. The maximum atomic E-state index is 12.7. The molecule has 3 aromatic rings. The molecule has 0 amide bonds. The fourth-order valence-electron chi connectivity index (χ4n) is 4.18. The van der Waals surface area contributed by atoms with Crippen molar-refractivity contribution in [3.05, 3.63) is 70.1 Å². The van der Waals surface area contributed by atoms with Crippen LogP contribution in [0.4, 0.5) is 11.4 Å². The number of imidazole rings is 1. The molecule has 4 rings (SSSR count). The normalized spacial score (nSPS) is 14.7. The molecule has 0 radical (unpaired) electrons. The number of rotatable bonds is 7. The van der Waals surface area contributed by atoms with Gasteiger partial charge in [0.2, 0.25) is 5.78 Å². The molecule has 1 N–H and O–H groups in total. The molecular formula is C21H24N6O4. The summed E-state index contributed by atoms with van der Waals surface area (Å²) in [6.07, 6.45) is 6.56. The minimum Gasteiger partial charge on any atom is -0.394 e. The van der Waals surface area contributed by atoms with E-state index in [0.717, 1.165) is 18.5 Å². The quantitative estimate of drug-likeness (QED) is 0.350. The van der Waals surface area contributed by atoms with Gasteiger partial charge in [0, 0.05) is 62.0 Å². The maximum absolute atomic E-state index is 12.7. The number of piperidine rings is 1. The standard InChI is InChI=1S/C21H24N6O4/c1-24-11-8-22-21(24)20(29)16-2-3-18(19(14-16)27(30)31)25-9-5-15(6-10-25)17-4-7-23-26(17)12-13-28/h2-4,7-8,11,14-15,28H,5-6,9-10,12-13H2,1H3. The Labute approximate surface area is 178 Å². The fourth-order valence-corrected chi connectivity index (χ4v) is 4.18. The van der Waals surface area contributed by atoms with Crippen molar-refractivity contribution in [3.8, 4) is 0 Å². The van der Waals surface area contributed by atoms with Crippen LogP contribution in [0.5, 0.6) is 0 Å². The SMILES string of the molecule is Cn1ccnc1C(=O)c1ccc(N2CCC(c3ccnn3CCO)CC2)c([N+](=O)[O-])c1. The Morgan fingerprint density at radius 1 is 1.26 bits per heavy atom. The number of anilines is 1. The van der Waals surface area contributed by atoms with Crippen LogP contribution < -0.4 is 4.90 Å². The summed E-state index contributed by atoms with van der Waals surface area (Å²) in [6, 6.07) is 6.59. The number of carbonyl (C=O) groups excluding carboxylic acids is 1. The van der Waals surface area contributed by atoms with E-state index in [1.165, 1.54) is 12.3 Å². The molecule has 1 aromatic carbocycles. The van der Waals surface area contributed by atoms with E-state index < -0.39 is 4.92 Å². The number of nitro benzene ring substituents is 1. The number of aromatic nitrogens is 4. The third-order valence-electron chi connectivity index (χ3n) is 5.77. The maximum Gasteiger partial charge on any atom is 0.293 e. The molecule has 162 valence electrons. The molecule has 0 bridgehead atoms. The Kier molecular flexibility index (Phi) is 5.81. The summed E-state index contributed by atoms with van der Waals surface area (Å²) in [5, 5.41) is 25.2. The number of hydrogen-bond donors (Lipinski definition) is 1. The van der Waals surface area contributed by atoms with E-state index in [1.807, 2.05) is 15.6 Å². The lowest BCUT2D eigenvalue weighted by Crippen LogP contribution is -2.34. The van der Waals surface area contributed by atoms with Gasteiger partial charge in [-0.2, -0.15) is 5.10 Å². The Bertz CT molecular complexity index is 1100. The van der Waals surface area contributed by atoms with Crippen LogP contribution in [0.1, 0.15) is 40.6 Å².